The molecular formula is C33H34N4O6. The minimum Gasteiger partial charge on any atom is -0.445 e. The van der Waals surface area contributed by atoms with Gasteiger partial charge in [0.2, 0.25) is 11.8 Å². The van der Waals surface area contributed by atoms with Crippen LogP contribution in [-0.4, -0.2) is 59.5 Å². The maximum absolute atomic E-state index is 13.7. The Hall–Kier alpha value is -4.96. The van der Waals surface area contributed by atoms with Gasteiger partial charge in [-0.2, -0.15) is 0 Å². The van der Waals surface area contributed by atoms with Crippen molar-refractivity contribution in [1.29, 1.82) is 0 Å². The number of hydrogen-bond acceptors (Lipinski definition) is 6. The summed E-state index contributed by atoms with van der Waals surface area (Å²) in [5.41, 5.74) is 2.44. The van der Waals surface area contributed by atoms with Gasteiger partial charge in [0.15, 0.2) is 5.78 Å². The summed E-state index contributed by atoms with van der Waals surface area (Å²) < 4.78 is 10.6. The van der Waals surface area contributed by atoms with Gasteiger partial charge in [0.1, 0.15) is 24.8 Å². The van der Waals surface area contributed by atoms with Crippen LogP contribution in [0.15, 0.2) is 91.1 Å². The summed E-state index contributed by atoms with van der Waals surface area (Å²) >= 11 is 0. The molecule has 0 bridgehead atoms. The van der Waals surface area contributed by atoms with Crippen molar-refractivity contribution < 1.29 is 28.7 Å². The molecule has 3 atom stereocenters. The summed E-state index contributed by atoms with van der Waals surface area (Å²) in [6.45, 7) is 1.64. The molecule has 10 heteroatoms. The van der Waals surface area contributed by atoms with Gasteiger partial charge < -0.3 is 30.4 Å². The highest BCUT2D eigenvalue weighted by molar-refractivity contribution is 5.98. The van der Waals surface area contributed by atoms with E-state index in [0.29, 0.717) is 0 Å². The lowest BCUT2D eigenvalue weighted by atomic mass is 9.94. The number of para-hydroxylation sites is 1. The minimum absolute atomic E-state index is 0.0549. The molecule has 1 fully saturated rings. The van der Waals surface area contributed by atoms with E-state index in [2.05, 4.69) is 20.9 Å². The van der Waals surface area contributed by atoms with E-state index in [9.17, 15) is 19.2 Å². The van der Waals surface area contributed by atoms with Gasteiger partial charge in [-0.1, -0.05) is 78.9 Å². The standard InChI is InChI=1S/C33H34N4O6/c1-33(21-43-33)30(39)27(16-22-10-4-2-5-11-22)37-31(40)28(17-24-18-34-26-15-9-8-14-25(24)26)36-29(38)19-35-32(41)42-20-23-12-6-3-7-13-23/h2-15,18,27-28,34H,16-17,19-21H2,1H3,(H,35,41)(H,36,38)(H,37,40). The number of aromatic amines is 1. The zero-order chi connectivity index (χ0) is 30.2. The van der Waals surface area contributed by atoms with E-state index in [4.69, 9.17) is 9.47 Å². The molecule has 222 valence electrons. The summed E-state index contributed by atoms with van der Waals surface area (Å²) in [5.74, 6) is -1.34. The number of H-pyrrole nitrogens is 1. The average molecular weight is 583 g/mol. The van der Waals surface area contributed by atoms with E-state index in [1.165, 1.54) is 0 Å². The monoisotopic (exact) mass is 582 g/mol. The normalized spacial score (nSPS) is 17.0. The summed E-state index contributed by atoms with van der Waals surface area (Å²) in [4.78, 5) is 55.4. The zero-order valence-corrected chi connectivity index (χ0v) is 23.8. The molecule has 1 aromatic heterocycles. The van der Waals surface area contributed by atoms with Crippen LogP contribution in [-0.2, 0) is 43.3 Å². The van der Waals surface area contributed by atoms with Crippen molar-refractivity contribution in [2.45, 2.75) is 44.1 Å². The summed E-state index contributed by atoms with van der Waals surface area (Å²) in [7, 11) is 0. The topological polar surface area (TPSA) is 142 Å². The fraction of sp³-hybridized carbons (Fsp3) is 0.273. The Morgan fingerprint density at radius 1 is 0.860 bits per heavy atom. The highest BCUT2D eigenvalue weighted by atomic mass is 16.6. The molecule has 0 saturated carbocycles. The van der Waals surface area contributed by atoms with Crippen molar-refractivity contribution in [2.75, 3.05) is 13.2 Å². The Labute approximate surface area is 249 Å². The van der Waals surface area contributed by atoms with Gasteiger partial charge >= 0.3 is 6.09 Å². The number of fused-ring (bicyclic) bond motifs is 1. The van der Waals surface area contributed by atoms with E-state index >= 15 is 0 Å². The predicted molar refractivity (Wildman–Crippen MR) is 160 cm³/mol. The number of carbonyl (C=O) groups is 4. The van der Waals surface area contributed by atoms with Gasteiger partial charge in [-0.05, 0) is 36.1 Å². The number of benzene rings is 3. The first-order valence-electron chi connectivity index (χ1n) is 14.1. The number of carbonyl (C=O) groups excluding carboxylic acids is 4. The number of Topliss-reactive ketones (excluding diaryl/α,β-unsaturated/α-hetero) is 1. The first kappa shape index (κ1) is 29.5. The number of aromatic nitrogens is 1. The van der Waals surface area contributed by atoms with Gasteiger partial charge in [0, 0.05) is 23.5 Å². The number of nitrogens with one attached hydrogen (secondary N) is 4. The molecule has 1 aliphatic heterocycles. The van der Waals surface area contributed by atoms with Crippen LogP contribution in [0, 0.1) is 0 Å². The second-order valence-electron chi connectivity index (χ2n) is 10.7. The van der Waals surface area contributed by atoms with E-state index in [1.807, 2.05) is 84.9 Å². The molecule has 5 rings (SSSR count). The van der Waals surface area contributed by atoms with Gasteiger partial charge in [0.05, 0.1) is 12.6 Å². The van der Waals surface area contributed by atoms with Crippen molar-refractivity contribution >= 4 is 34.6 Å². The van der Waals surface area contributed by atoms with Crippen LogP contribution in [0.25, 0.3) is 10.9 Å². The summed E-state index contributed by atoms with van der Waals surface area (Å²) in [6.07, 6.45) is 1.46. The minimum atomic E-state index is -1.03. The maximum Gasteiger partial charge on any atom is 0.407 e. The lowest BCUT2D eigenvalue weighted by Crippen LogP contribution is -2.55. The lowest BCUT2D eigenvalue weighted by Gasteiger charge is -2.24. The molecule has 0 radical (unpaired) electrons. The number of amides is 3. The van der Waals surface area contributed by atoms with Crippen molar-refractivity contribution in [3.63, 3.8) is 0 Å². The molecule has 2 heterocycles. The third kappa shape index (κ3) is 7.87. The van der Waals surface area contributed by atoms with Crippen LogP contribution in [0.2, 0.25) is 0 Å². The van der Waals surface area contributed by atoms with Crippen LogP contribution in [0.3, 0.4) is 0 Å². The highest BCUT2D eigenvalue weighted by Crippen LogP contribution is 2.29. The highest BCUT2D eigenvalue weighted by Gasteiger charge is 2.50. The van der Waals surface area contributed by atoms with Crippen molar-refractivity contribution in [2.24, 2.45) is 0 Å². The molecule has 1 aliphatic rings. The maximum atomic E-state index is 13.7. The number of epoxide rings is 1. The van der Waals surface area contributed by atoms with Crippen LogP contribution < -0.4 is 16.0 Å². The molecule has 3 aromatic carbocycles. The molecule has 10 nitrogen and oxygen atoms in total. The smallest absolute Gasteiger partial charge is 0.407 e. The molecule has 4 N–H and O–H groups in total. The molecule has 1 saturated heterocycles. The second kappa shape index (κ2) is 13.3. The van der Waals surface area contributed by atoms with Gasteiger partial charge in [-0.3, -0.25) is 14.4 Å². The molecule has 4 aromatic rings. The zero-order valence-electron chi connectivity index (χ0n) is 23.8. The average Bonchev–Trinajstić information content (AvgIpc) is 3.66. The van der Waals surface area contributed by atoms with E-state index in [-0.39, 0.29) is 31.8 Å². The Kier molecular flexibility index (Phi) is 9.17. The predicted octanol–water partition coefficient (Wildman–Crippen LogP) is 3.21. The summed E-state index contributed by atoms with van der Waals surface area (Å²) in [5, 5.41) is 8.94. The van der Waals surface area contributed by atoms with Crippen molar-refractivity contribution in [3.05, 3.63) is 108 Å². The van der Waals surface area contributed by atoms with Gasteiger partial charge in [0.25, 0.3) is 0 Å². The third-order valence-corrected chi connectivity index (χ3v) is 7.37. The number of hydrogen-bond donors (Lipinski definition) is 4. The fourth-order valence-corrected chi connectivity index (χ4v) is 4.85. The Morgan fingerprint density at radius 2 is 1.51 bits per heavy atom. The number of rotatable bonds is 13. The van der Waals surface area contributed by atoms with Crippen molar-refractivity contribution in [1.82, 2.24) is 20.9 Å². The largest absolute Gasteiger partial charge is 0.445 e. The Balaban J connectivity index is 1.28. The third-order valence-electron chi connectivity index (χ3n) is 7.37. The molecule has 0 spiro atoms. The van der Waals surface area contributed by atoms with Crippen LogP contribution in [0.4, 0.5) is 4.79 Å². The van der Waals surface area contributed by atoms with E-state index < -0.39 is 42.1 Å². The van der Waals surface area contributed by atoms with Crippen LogP contribution in [0.1, 0.15) is 23.6 Å². The SMILES string of the molecule is CC1(C(=O)C(Cc2ccccc2)NC(=O)C(Cc2c[nH]c3ccccc23)NC(=O)CNC(=O)OCc2ccccc2)CO1. The second-order valence-corrected chi connectivity index (χ2v) is 10.7. The molecule has 0 aliphatic carbocycles. The number of ketones is 1. The van der Waals surface area contributed by atoms with Gasteiger partial charge in [-0.15, -0.1) is 0 Å². The Bertz CT molecular complexity index is 1580. The molecular weight excluding hydrogens is 548 g/mol. The lowest BCUT2D eigenvalue weighted by molar-refractivity contribution is -0.132. The van der Waals surface area contributed by atoms with Crippen LogP contribution in [0.5, 0.6) is 0 Å². The molecule has 3 unspecified atom stereocenters. The summed E-state index contributed by atoms with van der Waals surface area (Å²) in [6, 6.07) is 24.3. The fourth-order valence-electron chi connectivity index (χ4n) is 4.85. The van der Waals surface area contributed by atoms with E-state index in [0.717, 1.165) is 27.6 Å². The molecule has 43 heavy (non-hydrogen) atoms. The quantitative estimate of drug-likeness (QED) is 0.178. The van der Waals surface area contributed by atoms with E-state index in [1.54, 1.807) is 13.1 Å². The molecule has 3 amide bonds. The van der Waals surface area contributed by atoms with Crippen LogP contribution >= 0.6 is 0 Å². The Morgan fingerprint density at radius 3 is 2.21 bits per heavy atom. The van der Waals surface area contributed by atoms with Gasteiger partial charge in [-0.25, -0.2) is 4.79 Å². The van der Waals surface area contributed by atoms with Crippen molar-refractivity contribution in [3.8, 4) is 0 Å². The number of alkyl carbamates (subject to hydrolysis) is 1. The first-order valence-corrected chi connectivity index (χ1v) is 14.1. The first-order chi connectivity index (χ1) is 20.8. The number of ether oxygens (including phenoxy) is 2.